The molecule has 0 spiro atoms. The standard InChI is InChI=1S/C19H26N4O4S/c1-23(2)28(25,26)16-6-7-18-13(9-16)3-5-15(27-18)11-21-12-17(24)14-4-8-19(20)22-10-14/h4,6-10,15,17,21,24H,3,5,11-12H2,1-2H3,(H2,20,22). The minimum absolute atomic E-state index is 0.0412. The van der Waals surface area contributed by atoms with Crippen molar-refractivity contribution in [2.75, 3.05) is 32.9 Å². The zero-order chi connectivity index (χ0) is 20.3. The molecule has 9 heteroatoms. The lowest BCUT2D eigenvalue weighted by Crippen LogP contribution is -2.36. The predicted octanol–water partition coefficient (Wildman–Crippen LogP) is 0.931. The van der Waals surface area contributed by atoms with Gasteiger partial charge in [0.25, 0.3) is 0 Å². The van der Waals surface area contributed by atoms with Crippen LogP contribution in [0.1, 0.15) is 23.7 Å². The Balaban J connectivity index is 1.55. The number of aryl methyl sites for hydroxylation is 1. The van der Waals surface area contributed by atoms with Crippen molar-refractivity contribution < 1.29 is 18.3 Å². The first kappa shape index (κ1) is 20.5. The van der Waals surface area contributed by atoms with Crippen LogP contribution in [0.15, 0.2) is 41.4 Å². The average Bonchev–Trinajstić information content (AvgIpc) is 2.67. The molecule has 0 aliphatic carbocycles. The molecule has 8 nitrogen and oxygen atoms in total. The van der Waals surface area contributed by atoms with Gasteiger partial charge >= 0.3 is 0 Å². The summed E-state index contributed by atoms with van der Waals surface area (Å²) in [5, 5.41) is 13.4. The normalized spacial score (nSPS) is 17.8. The number of pyridine rings is 1. The number of benzene rings is 1. The van der Waals surface area contributed by atoms with Gasteiger partial charge in [0, 0.05) is 38.9 Å². The third-order valence-corrected chi connectivity index (χ3v) is 6.55. The Kier molecular flexibility index (Phi) is 6.19. The van der Waals surface area contributed by atoms with Gasteiger partial charge in [-0.25, -0.2) is 17.7 Å². The fourth-order valence-electron chi connectivity index (χ4n) is 3.05. The SMILES string of the molecule is CN(C)S(=O)(=O)c1ccc2c(c1)CCC(CNCC(O)c1ccc(N)nc1)O2. The van der Waals surface area contributed by atoms with Crippen molar-refractivity contribution in [3.63, 3.8) is 0 Å². The Morgan fingerprint density at radius 3 is 2.82 bits per heavy atom. The van der Waals surface area contributed by atoms with E-state index in [2.05, 4.69) is 10.3 Å². The molecule has 152 valence electrons. The number of aromatic nitrogens is 1. The first-order chi connectivity index (χ1) is 13.3. The number of fused-ring (bicyclic) bond motifs is 1. The Morgan fingerprint density at radius 1 is 1.36 bits per heavy atom. The number of anilines is 1. The smallest absolute Gasteiger partial charge is 0.242 e. The van der Waals surface area contributed by atoms with Crippen molar-refractivity contribution in [1.82, 2.24) is 14.6 Å². The summed E-state index contributed by atoms with van der Waals surface area (Å²) < 4.78 is 31.7. The summed E-state index contributed by atoms with van der Waals surface area (Å²) in [6.45, 7) is 0.953. The van der Waals surface area contributed by atoms with Gasteiger partial charge in [-0.1, -0.05) is 6.07 Å². The molecule has 2 aromatic rings. The Morgan fingerprint density at radius 2 is 2.14 bits per heavy atom. The van der Waals surface area contributed by atoms with Crippen LogP contribution in [-0.4, -0.2) is 56.1 Å². The van der Waals surface area contributed by atoms with Crippen LogP contribution in [0.2, 0.25) is 0 Å². The molecule has 0 fully saturated rings. The molecule has 1 aliphatic heterocycles. The van der Waals surface area contributed by atoms with Gasteiger partial charge in [-0.2, -0.15) is 0 Å². The third-order valence-electron chi connectivity index (χ3n) is 4.74. The number of aliphatic hydroxyl groups excluding tert-OH is 1. The van der Waals surface area contributed by atoms with Crippen LogP contribution < -0.4 is 15.8 Å². The highest BCUT2D eigenvalue weighted by Gasteiger charge is 2.24. The minimum Gasteiger partial charge on any atom is -0.489 e. The number of nitrogens with two attached hydrogens (primary N) is 1. The van der Waals surface area contributed by atoms with Crippen LogP contribution in [0, 0.1) is 0 Å². The maximum atomic E-state index is 12.3. The molecule has 0 radical (unpaired) electrons. The number of sulfonamides is 1. The van der Waals surface area contributed by atoms with Crippen LogP contribution in [-0.2, 0) is 16.4 Å². The van der Waals surface area contributed by atoms with E-state index in [4.69, 9.17) is 10.5 Å². The van der Waals surface area contributed by atoms with Gasteiger partial charge in [0.2, 0.25) is 10.0 Å². The van der Waals surface area contributed by atoms with Gasteiger partial charge in [-0.05, 0) is 42.7 Å². The zero-order valence-electron chi connectivity index (χ0n) is 16.0. The fourth-order valence-corrected chi connectivity index (χ4v) is 4.00. The van der Waals surface area contributed by atoms with Crippen molar-refractivity contribution in [1.29, 1.82) is 0 Å². The van der Waals surface area contributed by atoms with Gasteiger partial charge in [0.1, 0.15) is 17.7 Å². The van der Waals surface area contributed by atoms with E-state index < -0.39 is 16.1 Å². The van der Waals surface area contributed by atoms with Crippen molar-refractivity contribution in [3.8, 4) is 5.75 Å². The second-order valence-electron chi connectivity index (χ2n) is 7.03. The van der Waals surface area contributed by atoms with E-state index in [1.165, 1.54) is 18.4 Å². The second kappa shape index (κ2) is 8.44. The van der Waals surface area contributed by atoms with Crippen molar-refractivity contribution in [3.05, 3.63) is 47.7 Å². The van der Waals surface area contributed by atoms with E-state index in [0.717, 1.165) is 18.4 Å². The van der Waals surface area contributed by atoms with E-state index in [0.29, 0.717) is 30.2 Å². The Bertz CT molecular complexity index is 916. The number of nitrogens with one attached hydrogen (secondary N) is 1. The highest BCUT2D eigenvalue weighted by molar-refractivity contribution is 7.89. The van der Waals surface area contributed by atoms with E-state index in [-0.39, 0.29) is 11.0 Å². The molecule has 2 atom stereocenters. The minimum atomic E-state index is -3.45. The van der Waals surface area contributed by atoms with Gasteiger partial charge in [0.15, 0.2) is 0 Å². The quantitative estimate of drug-likeness (QED) is 0.626. The van der Waals surface area contributed by atoms with Crippen LogP contribution >= 0.6 is 0 Å². The lowest BCUT2D eigenvalue weighted by Gasteiger charge is -2.27. The van der Waals surface area contributed by atoms with Crippen LogP contribution in [0.4, 0.5) is 5.82 Å². The lowest BCUT2D eigenvalue weighted by atomic mass is 10.0. The third kappa shape index (κ3) is 4.61. The summed E-state index contributed by atoms with van der Waals surface area (Å²) in [5.41, 5.74) is 7.15. The molecule has 0 bridgehead atoms. The van der Waals surface area contributed by atoms with E-state index in [1.54, 1.807) is 36.5 Å². The van der Waals surface area contributed by atoms with E-state index in [1.807, 2.05) is 0 Å². The topological polar surface area (TPSA) is 118 Å². The highest BCUT2D eigenvalue weighted by atomic mass is 32.2. The second-order valence-corrected chi connectivity index (χ2v) is 9.18. The molecule has 4 N–H and O–H groups in total. The predicted molar refractivity (Wildman–Crippen MR) is 107 cm³/mol. The molecule has 0 saturated carbocycles. The number of hydrogen-bond acceptors (Lipinski definition) is 7. The number of rotatable bonds is 7. The lowest BCUT2D eigenvalue weighted by molar-refractivity contribution is 0.146. The summed E-state index contributed by atoms with van der Waals surface area (Å²) in [4.78, 5) is 4.25. The monoisotopic (exact) mass is 406 g/mol. The number of aliphatic hydroxyl groups is 1. The van der Waals surface area contributed by atoms with Crippen LogP contribution in [0.5, 0.6) is 5.75 Å². The molecule has 0 saturated heterocycles. The molecule has 3 rings (SSSR count). The molecule has 1 aromatic heterocycles. The van der Waals surface area contributed by atoms with Gasteiger partial charge in [0.05, 0.1) is 11.0 Å². The maximum absolute atomic E-state index is 12.3. The number of nitrogens with zero attached hydrogens (tertiary/aromatic N) is 2. The summed E-state index contributed by atoms with van der Waals surface area (Å²) in [7, 11) is -0.421. The van der Waals surface area contributed by atoms with E-state index in [9.17, 15) is 13.5 Å². The van der Waals surface area contributed by atoms with Gasteiger partial charge in [-0.3, -0.25) is 0 Å². The van der Waals surface area contributed by atoms with Crippen LogP contribution in [0.25, 0.3) is 0 Å². The van der Waals surface area contributed by atoms with Crippen molar-refractivity contribution >= 4 is 15.8 Å². The summed E-state index contributed by atoms with van der Waals surface area (Å²) in [6, 6.07) is 8.38. The molecule has 1 aromatic carbocycles. The summed E-state index contributed by atoms with van der Waals surface area (Å²) >= 11 is 0. The molecular formula is C19H26N4O4S. The average molecular weight is 407 g/mol. The zero-order valence-corrected chi connectivity index (χ0v) is 16.8. The molecule has 1 aliphatic rings. The maximum Gasteiger partial charge on any atom is 0.242 e. The fraction of sp³-hybridized carbons (Fsp3) is 0.421. The summed E-state index contributed by atoms with van der Waals surface area (Å²) in [5.74, 6) is 1.12. The van der Waals surface area contributed by atoms with Gasteiger partial charge < -0.3 is 20.9 Å². The molecule has 28 heavy (non-hydrogen) atoms. The number of ether oxygens (including phenoxy) is 1. The molecule has 2 heterocycles. The largest absolute Gasteiger partial charge is 0.489 e. The van der Waals surface area contributed by atoms with Crippen molar-refractivity contribution in [2.24, 2.45) is 0 Å². The Labute approximate surface area is 165 Å². The first-order valence-corrected chi connectivity index (χ1v) is 10.5. The van der Waals surface area contributed by atoms with Crippen molar-refractivity contribution in [2.45, 2.75) is 29.9 Å². The first-order valence-electron chi connectivity index (χ1n) is 9.09. The molecular weight excluding hydrogens is 380 g/mol. The number of nitrogen functional groups attached to an aromatic ring is 1. The highest BCUT2D eigenvalue weighted by Crippen LogP contribution is 2.30. The number of hydrogen-bond donors (Lipinski definition) is 3. The molecule has 0 amide bonds. The molecule has 2 unspecified atom stereocenters. The Hall–Kier alpha value is -2.20. The summed E-state index contributed by atoms with van der Waals surface area (Å²) in [6.07, 6.45) is 2.35. The van der Waals surface area contributed by atoms with Crippen LogP contribution in [0.3, 0.4) is 0 Å². The van der Waals surface area contributed by atoms with Gasteiger partial charge in [-0.15, -0.1) is 0 Å². The van der Waals surface area contributed by atoms with E-state index >= 15 is 0 Å².